The molecule has 2 aromatic carbocycles. The molecule has 150 valence electrons. The van der Waals surface area contributed by atoms with Crippen LogP contribution < -0.4 is 0 Å². The summed E-state index contributed by atoms with van der Waals surface area (Å²) in [4.78, 5) is 14.4. The van der Waals surface area contributed by atoms with Crippen molar-refractivity contribution >= 4 is 29.2 Å². The number of carbonyl (C=O) groups excluding carboxylic acids is 1. The number of hydrogen-bond donors (Lipinski definition) is 0. The first-order valence-electron chi connectivity index (χ1n) is 9.77. The molecule has 0 spiro atoms. The number of hydrogen-bond acceptors (Lipinski definition) is 3. The molecular formula is C23H27Cl2NO2. The van der Waals surface area contributed by atoms with Gasteiger partial charge in [0.05, 0.1) is 16.5 Å². The van der Waals surface area contributed by atoms with Gasteiger partial charge < -0.3 is 9.64 Å². The van der Waals surface area contributed by atoms with E-state index in [9.17, 15) is 4.79 Å². The number of halogens is 2. The van der Waals surface area contributed by atoms with Gasteiger partial charge >= 0.3 is 5.97 Å². The van der Waals surface area contributed by atoms with Crippen LogP contribution in [-0.4, -0.2) is 31.1 Å². The summed E-state index contributed by atoms with van der Waals surface area (Å²) in [5.74, 6) is 0.355. The Morgan fingerprint density at radius 3 is 2.21 bits per heavy atom. The molecule has 0 unspecified atom stereocenters. The zero-order valence-electron chi connectivity index (χ0n) is 16.5. The molecule has 0 aliphatic heterocycles. The molecule has 28 heavy (non-hydrogen) atoms. The van der Waals surface area contributed by atoms with Gasteiger partial charge in [0.25, 0.3) is 0 Å². The molecular weight excluding hydrogens is 393 g/mol. The summed E-state index contributed by atoms with van der Waals surface area (Å²) in [5, 5.41) is 0.955. The van der Waals surface area contributed by atoms with Gasteiger partial charge in [-0.3, -0.25) is 4.79 Å². The molecule has 1 saturated carbocycles. The lowest BCUT2D eigenvalue weighted by molar-refractivity contribution is -0.149. The van der Waals surface area contributed by atoms with Crippen LogP contribution in [0, 0.1) is 0 Å². The van der Waals surface area contributed by atoms with Crippen molar-refractivity contribution in [2.24, 2.45) is 0 Å². The van der Waals surface area contributed by atoms with E-state index in [1.54, 1.807) is 12.1 Å². The third kappa shape index (κ3) is 5.97. The Labute approximate surface area is 177 Å². The lowest BCUT2D eigenvalue weighted by Gasteiger charge is -2.28. The van der Waals surface area contributed by atoms with Crippen molar-refractivity contribution in [3.05, 3.63) is 69.2 Å². The Bertz CT molecular complexity index is 797. The van der Waals surface area contributed by atoms with Gasteiger partial charge in [0, 0.05) is 6.54 Å². The Balaban J connectivity index is 1.47. The van der Waals surface area contributed by atoms with Crippen LogP contribution in [0.4, 0.5) is 0 Å². The van der Waals surface area contributed by atoms with E-state index >= 15 is 0 Å². The molecule has 0 radical (unpaired) electrons. The van der Waals surface area contributed by atoms with Crippen molar-refractivity contribution < 1.29 is 9.53 Å². The van der Waals surface area contributed by atoms with Gasteiger partial charge in [0.2, 0.25) is 0 Å². The third-order valence-electron chi connectivity index (χ3n) is 5.25. The largest absolute Gasteiger partial charge is 0.462 e. The SMILES string of the molecule is CN(C)Cc1ccc([C@H]2CC[C@H](OC(=O)Cc3ccc(Cl)c(Cl)c3)CC2)cc1. The second-order valence-corrected chi connectivity index (χ2v) is 8.68. The minimum Gasteiger partial charge on any atom is -0.462 e. The fourth-order valence-electron chi connectivity index (χ4n) is 3.82. The van der Waals surface area contributed by atoms with Crippen LogP contribution in [0.5, 0.6) is 0 Å². The van der Waals surface area contributed by atoms with Gasteiger partial charge in [-0.1, -0.05) is 53.5 Å². The molecule has 0 saturated heterocycles. The van der Waals surface area contributed by atoms with Crippen molar-refractivity contribution in [1.82, 2.24) is 4.90 Å². The monoisotopic (exact) mass is 419 g/mol. The molecule has 0 aromatic heterocycles. The average molecular weight is 420 g/mol. The molecule has 0 atom stereocenters. The maximum atomic E-state index is 12.3. The standard InChI is InChI=1S/C23H27Cl2NO2/c1-26(2)15-16-3-6-18(7-4-16)19-8-10-20(11-9-19)28-23(27)14-17-5-12-21(24)22(25)13-17/h3-7,12-13,19-20H,8-11,14-15H2,1-2H3/t19-,20-. The minimum absolute atomic E-state index is 0.0135. The normalized spacial score (nSPS) is 19.6. The van der Waals surface area contributed by atoms with Crippen LogP contribution in [0.2, 0.25) is 10.0 Å². The average Bonchev–Trinajstić information content (AvgIpc) is 2.65. The first-order valence-corrected chi connectivity index (χ1v) is 10.5. The van der Waals surface area contributed by atoms with E-state index in [1.807, 2.05) is 6.07 Å². The number of rotatable bonds is 6. The second kappa shape index (κ2) is 9.78. The molecule has 1 aliphatic rings. The van der Waals surface area contributed by atoms with Crippen molar-refractivity contribution in [3.8, 4) is 0 Å². The first kappa shape index (κ1) is 21.2. The summed E-state index contributed by atoms with van der Waals surface area (Å²) in [6, 6.07) is 14.2. The maximum Gasteiger partial charge on any atom is 0.310 e. The van der Waals surface area contributed by atoms with Crippen LogP contribution in [0.25, 0.3) is 0 Å². The molecule has 1 aliphatic carbocycles. The molecule has 0 heterocycles. The van der Waals surface area contributed by atoms with Gasteiger partial charge in [0.1, 0.15) is 6.10 Å². The summed E-state index contributed by atoms with van der Waals surface area (Å²) in [6.45, 7) is 0.960. The fraction of sp³-hybridized carbons (Fsp3) is 0.435. The molecule has 5 heteroatoms. The van der Waals surface area contributed by atoms with E-state index in [0.717, 1.165) is 37.8 Å². The summed E-state index contributed by atoms with van der Waals surface area (Å²) in [7, 11) is 4.16. The van der Waals surface area contributed by atoms with Gasteiger partial charge in [-0.05, 0) is 74.5 Å². The molecule has 0 bridgehead atoms. The van der Waals surface area contributed by atoms with Crippen LogP contribution >= 0.6 is 23.2 Å². The van der Waals surface area contributed by atoms with Crippen LogP contribution in [0.3, 0.4) is 0 Å². The molecule has 3 rings (SSSR count). The van der Waals surface area contributed by atoms with Crippen LogP contribution in [0.1, 0.15) is 48.3 Å². The van der Waals surface area contributed by atoms with Gasteiger partial charge in [-0.15, -0.1) is 0 Å². The van der Waals surface area contributed by atoms with E-state index in [2.05, 4.69) is 43.3 Å². The second-order valence-electron chi connectivity index (χ2n) is 7.87. The fourth-order valence-corrected chi connectivity index (χ4v) is 4.14. The van der Waals surface area contributed by atoms with Crippen LogP contribution in [0.15, 0.2) is 42.5 Å². The summed E-state index contributed by atoms with van der Waals surface area (Å²) in [5.41, 5.74) is 3.55. The molecule has 3 nitrogen and oxygen atoms in total. The van der Waals surface area contributed by atoms with E-state index < -0.39 is 0 Å². The maximum absolute atomic E-state index is 12.3. The van der Waals surface area contributed by atoms with Crippen molar-refractivity contribution in [2.75, 3.05) is 14.1 Å². The summed E-state index contributed by atoms with van der Waals surface area (Å²) >= 11 is 11.9. The third-order valence-corrected chi connectivity index (χ3v) is 5.99. The zero-order chi connectivity index (χ0) is 20.1. The van der Waals surface area contributed by atoms with Crippen molar-refractivity contribution in [1.29, 1.82) is 0 Å². The van der Waals surface area contributed by atoms with Crippen molar-refractivity contribution in [3.63, 3.8) is 0 Å². The predicted octanol–water partition coefficient (Wildman–Crippen LogP) is 5.87. The lowest BCUT2D eigenvalue weighted by atomic mass is 9.82. The van der Waals surface area contributed by atoms with E-state index in [-0.39, 0.29) is 18.5 Å². The minimum atomic E-state index is -0.199. The molecule has 0 amide bonds. The highest BCUT2D eigenvalue weighted by Crippen LogP contribution is 2.34. The van der Waals surface area contributed by atoms with E-state index in [4.69, 9.17) is 27.9 Å². The van der Waals surface area contributed by atoms with Gasteiger partial charge in [-0.2, -0.15) is 0 Å². The lowest BCUT2D eigenvalue weighted by Crippen LogP contribution is -2.24. The van der Waals surface area contributed by atoms with Gasteiger partial charge in [-0.25, -0.2) is 0 Å². The number of nitrogens with zero attached hydrogens (tertiary/aromatic N) is 1. The first-order chi connectivity index (χ1) is 13.4. The Morgan fingerprint density at radius 2 is 1.61 bits per heavy atom. The zero-order valence-corrected chi connectivity index (χ0v) is 18.0. The van der Waals surface area contributed by atoms with Gasteiger partial charge in [0.15, 0.2) is 0 Å². The molecule has 0 N–H and O–H groups in total. The van der Waals surface area contributed by atoms with E-state index in [1.165, 1.54) is 11.1 Å². The number of ether oxygens (including phenoxy) is 1. The highest BCUT2D eigenvalue weighted by molar-refractivity contribution is 6.42. The Kier molecular flexibility index (Phi) is 7.39. The number of esters is 1. The highest BCUT2D eigenvalue weighted by Gasteiger charge is 2.25. The van der Waals surface area contributed by atoms with E-state index in [0.29, 0.717) is 16.0 Å². The molecule has 1 fully saturated rings. The van der Waals surface area contributed by atoms with Crippen molar-refractivity contribution in [2.45, 2.75) is 50.7 Å². The number of carbonyl (C=O) groups is 1. The molecule has 2 aromatic rings. The number of benzene rings is 2. The Hall–Kier alpha value is -1.55. The summed E-state index contributed by atoms with van der Waals surface area (Å²) < 4.78 is 5.69. The predicted molar refractivity (Wildman–Crippen MR) is 115 cm³/mol. The Morgan fingerprint density at radius 1 is 0.964 bits per heavy atom. The topological polar surface area (TPSA) is 29.5 Å². The summed E-state index contributed by atoms with van der Waals surface area (Å²) in [6.07, 6.45) is 4.17. The quantitative estimate of drug-likeness (QED) is 0.548. The highest BCUT2D eigenvalue weighted by atomic mass is 35.5. The van der Waals surface area contributed by atoms with Crippen LogP contribution in [-0.2, 0) is 22.5 Å². The smallest absolute Gasteiger partial charge is 0.310 e.